The van der Waals surface area contributed by atoms with Crippen molar-refractivity contribution < 1.29 is 18.9 Å². The molecule has 21 heavy (non-hydrogen) atoms. The van der Waals surface area contributed by atoms with E-state index in [-0.39, 0.29) is 23.1 Å². The second-order valence-electron chi connectivity index (χ2n) is 4.15. The first kappa shape index (κ1) is 12.8. The van der Waals surface area contributed by atoms with Crippen LogP contribution in [0.4, 0.5) is 5.69 Å². The van der Waals surface area contributed by atoms with Crippen LogP contribution in [0.3, 0.4) is 0 Å². The highest BCUT2D eigenvalue weighted by Gasteiger charge is 2.18. The van der Waals surface area contributed by atoms with Gasteiger partial charge in [-0.15, -0.1) is 0 Å². The van der Waals surface area contributed by atoms with Crippen LogP contribution in [0.25, 0.3) is 11.1 Å². The molecule has 0 aliphatic rings. The van der Waals surface area contributed by atoms with Crippen molar-refractivity contribution in [2.24, 2.45) is 0 Å². The molecule has 0 spiro atoms. The van der Waals surface area contributed by atoms with Crippen LogP contribution in [-0.4, -0.2) is 16.2 Å². The third-order valence-corrected chi connectivity index (χ3v) is 2.79. The van der Waals surface area contributed by atoms with E-state index in [2.05, 4.69) is 4.98 Å². The molecule has 3 rings (SSSR count). The number of hydrogen-bond acceptors (Lipinski definition) is 6. The summed E-state index contributed by atoms with van der Waals surface area (Å²) in [4.78, 5) is 25.2. The van der Waals surface area contributed by atoms with Gasteiger partial charge in [-0.1, -0.05) is 12.1 Å². The van der Waals surface area contributed by atoms with Crippen LogP contribution >= 0.6 is 0 Å². The normalized spacial score (nSPS) is 10.5. The molecule has 104 valence electrons. The second kappa shape index (κ2) is 5.04. The Morgan fingerprint density at radius 3 is 2.76 bits per heavy atom. The monoisotopic (exact) mass is 284 g/mol. The van der Waals surface area contributed by atoms with Crippen molar-refractivity contribution in [3.63, 3.8) is 0 Å². The van der Waals surface area contributed by atoms with Gasteiger partial charge in [-0.2, -0.15) is 4.98 Å². The number of carbonyl (C=O) groups excluding carboxylic acids is 1. The molecule has 0 aliphatic heterocycles. The van der Waals surface area contributed by atoms with Gasteiger partial charge in [0.15, 0.2) is 5.58 Å². The highest BCUT2D eigenvalue weighted by atomic mass is 16.6. The maximum atomic E-state index is 11.0. The van der Waals surface area contributed by atoms with Gasteiger partial charge in [-0.3, -0.25) is 14.9 Å². The molecule has 7 heteroatoms. The third-order valence-electron chi connectivity index (χ3n) is 2.79. The number of rotatable bonds is 4. The first-order chi connectivity index (χ1) is 10.2. The quantitative estimate of drug-likeness (QED) is 0.414. The molecule has 0 saturated heterocycles. The number of hydrogen-bond donors (Lipinski definition) is 0. The Labute approximate surface area is 117 Å². The van der Waals surface area contributed by atoms with Gasteiger partial charge in [0.2, 0.25) is 5.75 Å². The molecule has 0 atom stereocenters. The van der Waals surface area contributed by atoms with E-state index >= 15 is 0 Å². The summed E-state index contributed by atoms with van der Waals surface area (Å²) in [7, 11) is 0. The van der Waals surface area contributed by atoms with E-state index in [9.17, 15) is 14.9 Å². The van der Waals surface area contributed by atoms with Gasteiger partial charge in [-0.05, 0) is 24.3 Å². The van der Waals surface area contributed by atoms with Crippen LogP contribution in [0.1, 0.15) is 10.4 Å². The first-order valence-electron chi connectivity index (χ1n) is 5.94. The third kappa shape index (κ3) is 2.44. The van der Waals surface area contributed by atoms with Gasteiger partial charge in [0.1, 0.15) is 11.8 Å². The van der Waals surface area contributed by atoms with Crippen molar-refractivity contribution in [3.05, 3.63) is 58.1 Å². The predicted molar refractivity (Wildman–Crippen MR) is 72.6 cm³/mol. The van der Waals surface area contributed by atoms with Crippen LogP contribution < -0.4 is 4.74 Å². The largest absolute Gasteiger partial charge is 0.409 e. The van der Waals surface area contributed by atoms with Crippen molar-refractivity contribution in [1.29, 1.82) is 0 Å². The summed E-state index contributed by atoms with van der Waals surface area (Å²) in [6.07, 6.45) is 0.449. The van der Waals surface area contributed by atoms with Crippen molar-refractivity contribution in [2.45, 2.75) is 0 Å². The number of benzene rings is 2. The van der Waals surface area contributed by atoms with Crippen LogP contribution in [0, 0.1) is 10.1 Å². The number of aldehydes is 1. The fourth-order valence-corrected chi connectivity index (χ4v) is 1.83. The summed E-state index contributed by atoms with van der Waals surface area (Å²) in [5.41, 5.74) is 1.05. The van der Waals surface area contributed by atoms with E-state index in [1.807, 2.05) is 0 Å². The van der Waals surface area contributed by atoms with Gasteiger partial charge >= 0.3 is 11.8 Å². The van der Waals surface area contributed by atoms with Crippen LogP contribution in [0.15, 0.2) is 46.9 Å². The molecule has 1 aromatic heterocycles. The van der Waals surface area contributed by atoms with E-state index in [1.54, 1.807) is 24.3 Å². The zero-order valence-corrected chi connectivity index (χ0v) is 10.6. The lowest BCUT2D eigenvalue weighted by atomic mass is 10.2. The molecule has 0 amide bonds. The number of para-hydroxylation sites is 2. The average molecular weight is 284 g/mol. The zero-order valence-electron chi connectivity index (χ0n) is 10.6. The molecule has 0 aliphatic carbocycles. The molecule has 0 fully saturated rings. The van der Waals surface area contributed by atoms with Crippen molar-refractivity contribution in [2.75, 3.05) is 0 Å². The van der Waals surface area contributed by atoms with E-state index in [0.717, 1.165) is 0 Å². The van der Waals surface area contributed by atoms with Gasteiger partial charge in [0.05, 0.1) is 4.92 Å². The Kier molecular flexibility index (Phi) is 3.07. The van der Waals surface area contributed by atoms with Gasteiger partial charge in [0.25, 0.3) is 0 Å². The second-order valence-corrected chi connectivity index (χ2v) is 4.15. The number of fused-ring (bicyclic) bond motifs is 1. The van der Waals surface area contributed by atoms with E-state index in [0.29, 0.717) is 17.4 Å². The molecule has 2 aromatic carbocycles. The Morgan fingerprint density at radius 1 is 1.24 bits per heavy atom. The minimum Gasteiger partial charge on any atom is -0.409 e. The Balaban J connectivity index is 2.03. The lowest BCUT2D eigenvalue weighted by molar-refractivity contribution is -0.385. The molecule has 3 aromatic rings. The van der Waals surface area contributed by atoms with E-state index in [4.69, 9.17) is 9.15 Å². The highest BCUT2D eigenvalue weighted by molar-refractivity contribution is 5.77. The van der Waals surface area contributed by atoms with Crippen LogP contribution in [0.2, 0.25) is 0 Å². The molecule has 0 bridgehead atoms. The first-order valence-corrected chi connectivity index (χ1v) is 5.94. The zero-order chi connectivity index (χ0) is 14.8. The highest BCUT2D eigenvalue weighted by Crippen LogP contribution is 2.32. The van der Waals surface area contributed by atoms with Gasteiger partial charge in [0, 0.05) is 11.6 Å². The Hall–Kier alpha value is -3.22. The molecular weight excluding hydrogens is 276 g/mol. The molecule has 0 unspecified atom stereocenters. The summed E-state index contributed by atoms with van der Waals surface area (Å²) >= 11 is 0. The van der Waals surface area contributed by atoms with Gasteiger partial charge in [-0.25, -0.2) is 0 Å². The number of nitrogens with zero attached hydrogens (tertiary/aromatic N) is 2. The SMILES string of the molecule is O=Cc1ccc([N+](=O)[O-])c(Oc2nc3ccccc3o2)c1. The maximum absolute atomic E-state index is 11.0. The van der Waals surface area contributed by atoms with E-state index < -0.39 is 4.92 Å². The molecular formula is C14H8N2O5. The summed E-state index contributed by atoms with van der Waals surface area (Å²) < 4.78 is 10.7. The number of oxazole rings is 1. The molecule has 7 nitrogen and oxygen atoms in total. The number of carbonyl (C=O) groups is 1. The fourth-order valence-electron chi connectivity index (χ4n) is 1.83. The summed E-state index contributed by atoms with van der Waals surface area (Å²) in [5, 5.41) is 11.0. The maximum Gasteiger partial charge on any atom is 0.400 e. The number of ether oxygens (including phenoxy) is 1. The smallest absolute Gasteiger partial charge is 0.400 e. The molecule has 0 saturated carbocycles. The minimum absolute atomic E-state index is 0.101. The number of nitro groups is 1. The van der Waals surface area contributed by atoms with Crippen molar-refractivity contribution >= 4 is 23.1 Å². The van der Waals surface area contributed by atoms with Gasteiger partial charge < -0.3 is 9.15 Å². The van der Waals surface area contributed by atoms with Crippen LogP contribution in [0.5, 0.6) is 11.8 Å². The lowest BCUT2D eigenvalue weighted by Gasteiger charge is -2.02. The number of aromatic nitrogens is 1. The molecule has 0 N–H and O–H groups in total. The van der Waals surface area contributed by atoms with Crippen molar-refractivity contribution in [3.8, 4) is 11.8 Å². The minimum atomic E-state index is -0.605. The Morgan fingerprint density at radius 2 is 2.05 bits per heavy atom. The predicted octanol–water partition coefficient (Wildman–Crippen LogP) is 3.34. The standard InChI is InChI=1S/C14H8N2O5/c17-8-9-5-6-11(16(18)19)13(7-9)21-14-15-10-3-1-2-4-12(10)20-14/h1-8H. The fraction of sp³-hybridized carbons (Fsp3) is 0. The van der Waals surface area contributed by atoms with Crippen LogP contribution in [-0.2, 0) is 0 Å². The molecule has 1 heterocycles. The summed E-state index contributed by atoms with van der Waals surface area (Å²) in [6, 6.07) is 10.8. The van der Waals surface area contributed by atoms with E-state index in [1.165, 1.54) is 18.2 Å². The topological polar surface area (TPSA) is 95.5 Å². The average Bonchev–Trinajstić information content (AvgIpc) is 2.89. The van der Waals surface area contributed by atoms with Crippen molar-refractivity contribution in [1.82, 2.24) is 4.98 Å². The molecule has 0 radical (unpaired) electrons. The summed E-state index contributed by atoms with van der Waals surface area (Å²) in [5.74, 6) is -0.101. The number of nitro benzene ring substituents is 1. The Bertz CT molecular complexity index is 807. The lowest BCUT2D eigenvalue weighted by Crippen LogP contribution is -1.95. The summed E-state index contributed by atoms with van der Waals surface area (Å²) in [6.45, 7) is 0.